The lowest BCUT2D eigenvalue weighted by atomic mass is 9.96. The van der Waals surface area contributed by atoms with Crippen LogP contribution in [0, 0.1) is 17.5 Å². The second-order valence-electron chi connectivity index (χ2n) is 8.72. The first-order valence-electron chi connectivity index (χ1n) is 10.9. The average Bonchev–Trinajstić information content (AvgIpc) is 3.28. The first kappa shape index (κ1) is 27.1. The van der Waals surface area contributed by atoms with Crippen LogP contribution >= 0.6 is 11.3 Å². The fourth-order valence-corrected chi connectivity index (χ4v) is 3.97. The molecule has 2 N–H and O–H groups in total. The molecule has 0 saturated heterocycles. The SMILES string of the molecule is COC(C)(C)CCc1cccc(-c2csc(NC(=O)c3cc(F)c(C=C(C)C(=O)O)c(F)c3)n2)c1F. The molecular weight excluding hydrogens is 493 g/mol. The van der Waals surface area contributed by atoms with Gasteiger partial charge >= 0.3 is 5.97 Å². The van der Waals surface area contributed by atoms with E-state index in [1.807, 2.05) is 13.8 Å². The zero-order valence-corrected chi connectivity index (χ0v) is 20.9. The number of aryl methyl sites for hydroxylation is 1. The molecule has 3 aromatic rings. The Morgan fingerprint density at radius 1 is 1.19 bits per heavy atom. The van der Waals surface area contributed by atoms with Gasteiger partial charge in [-0.3, -0.25) is 10.1 Å². The molecule has 0 aliphatic heterocycles. The molecule has 0 saturated carbocycles. The molecule has 1 heterocycles. The maximum atomic E-state index is 15.2. The Morgan fingerprint density at radius 3 is 2.47 bits per heavy atom. The number of nitrogens with one attached hydrogen (secondary N) is 1. The van der Waals surface area contributed by atoms with Gasteiger partial charge in [-0.15, -0.1) is 11.3 Å². The summed E-state index contributed by atoms with van der Waals surface area (Å²) in [6.07, 6.45) is 1.92. The van der Waals surface area contributed by atoms with Gasteiger partial charge in [0.15, 0.2) is 5.13 Å². The van der Waals surface area contributed by atoms with Crippen molar-refractivity contribution in [1.29, 1.82) is 0 Å². The van der Waals surface area contributed by atoms with Crippen LogP contribution in [0.1, 0.15) is 48.7 Å². The van der Waals surface area contributed by atoms with Gasteiger partial charge in [0.05, 0.1) is 11.3 Å². The predicted molar refractivity (Wildman–Crippen MR) is 133 cm³/mol. The predicted octanol–water partition coefficient (Wildman–Crippen LogP) is 6.33. The number of halogens is 3. The van der Waals surface area contributed by atoms with E-state index in [0.29, 0.717) is 24.1 Å². The van der Waals surface area contributed by atoms with Gasteiger partial charge < -0.3 is 9.84 Å². The van der Waals surface area contributed by atoms with Crippen LogP contribution in [0.2, 0.25) is 0 Å². The molecular formula is C26H25F3N2O4S. The number of carboxylic acids is 1. The van der Waals surface area contributed by atoms with Crippen molar-refractivity contribution >= 4 is 34.4 Å². The van der Waals surface area contributed by atoms with Crippen molar-refractivity contribution in [1.82, 2.24) is 4.98 Å². The molecule has 0 radical (unpaired) electrons. The first-order chi connectivity index (χ1) is 16.9. The summed E-state index contributed by atoms with van der Waals surface area (Å²) in [5.41, 5.74) is -0.464. The summed E-state index contributed by atoms with van der Waals surface area (Å²) < 4.78 is 49.3. The Labute approximate surface area is 210 Å². The van der Waals surface area contributed by atoms with Crippen LogP contribution in [0.3, 0.4) is 0 Å². The zero-order chi connectivity index (χ0) is 26.6. The fraction of sp³-hybridized carbons (Fsp3) is 0.269. The molecule has 0 spiro atoms. The van der Waals surface area contributed by atoms with Gasteiger partial charge in [0.25, 0.3) is 5.91 Å². The highest BCUT2D eigenvalue weighted by Gasteiger charge is 2.20. The number of rotatable bonds is 9. The Hall–Kier alpha value is -3.50. The first-order valence-corrected chi connectivity index (χ1v) is 11.8. The minimum Gasteiger partial charge on any atom is -0.478 e. The topological polar surface area (TPSA) is 88.5 Å². The molecule has 0 unspecified atom stereocenters. The van der Waals surface area contributed by atoms with E-state index in [4.69, 9.17) is 9.84 Å². The van der Waals surface area contributed by atoms with E-state index in [-0.39, 0.29) is 21.8 Å². The van der Waals surface area contributed by atoms with Crippen LogP contribution in [0.5, 0.6) is 0 Å². The molecule has 1 amide bonds. The highest BCUT2D eigenvalue weighted by atomic mass is 32.1. The maximum absolute atomic E-state index is 15.2. The molecule has 36 heavy (non-hydrogen) atoms. The number of hydrogen-bond donors (Lipinski definition) is 2. The van der Waals surface area contributed by atoms with Gasteiger partial charge in [0.1, 0.15) is 17.5 Å². The monoisotopic (exact) mass is 518 g/mol. The van der Waals surface area contributed by atoms with Gasteiger partial charge in [-0.1, -0.05) is 12.1 Å². The van der Waals surface area contributed by atoms with Crippen molar-refractivity contribution in [2.24, 2.45) is 0 Å². The van der Waals surface area contributed by atoms with Gasteiger partial charge in [0.2, 0.25) is 0 Å². The normalized spacial score (nSPS) is 12.0. The smallest absolute Gasteiger partial charge is 0.331 e. The molecule has 190 valence electrons. The fourth-order valence-electron chi connectivity index (χ4n) is 3.26. The van der Waals surface area contributed by atoms with Crippen molar-refractivity contribution in [3.8, 4) is 11.3 Å². The third kappa shape index (κ3) is 6.38. The van der Waals surface area contributed by atoms with Crippen LogP contribution < -0.4 is 5.32 Å². The summed E-state index contributed by atoms with van der Waals surface area (Å²) in [6.45, 7) is 5.03. The Morgan fingerprint density at radius 2 is 1.86 bits per heavy atom. The Bertz CT molecular complexity index is 1310. The molecule has 0 aliphatic carbocycles. The van der Waals surface area contributed by atoms with E-state index in [9.17, 15) is 18.4 Å². The number of nitrogens with zero attached hydrogens (tertiary/aromatic N) is 1. The van der Waals surface area contributed by atoms with Gasteiger partial charge in [0, 0.05) is 34.8 Å². The minimum atomic E-state index is -1.32. The van der Waals surface area contributed by atoms with Crippen LogP contribution in [0.4, 0.5) is 18.3 Å². The third-order valence-electron chi connectivity index (χ3n) is 5.67. The number of anilines is 1. The minimum absolute atomic E-state index is 0.117. The van der Waals surface area contributed by atoms with Crippen LogP contribution in [-0.2, 0) is 16.0 Å². The summed E-state index contributed by atoms with van der Waals surface area (Å²) in [4.78, 5) is 27.7. The molecule has 0 aliphatic rings. The molecule has 2 aromatic carbocycles. The lowest BCUT2D eigenvalue weighted by Crippen LogP contribution is -2.23. The second-order valence-corrected chi connectivity index (χ2v) is 9.58. The molecule has 0 atom stereocenters. The average molecular weight is 519 g/mol. The number of aromatic nitrogens is 1. The number of carbonyl (C=O) groups excluding carboxylic acids is 1. The summed E-state index contributed by atoms with van der Waals surface area (Å²) >= 11 is 1.03. The standard InChI is InChI=1S/C26H25F3N2O4S/c1-14(24(33)34)10-18-19(27)11-16(12-20(18)28)23(32)31-25-30-21(13-36-25)17-7-5-6-15(22(17)29)8-9-26(2,3)35-4/h5-7,10-13H,8-9H2,1-4H3,(H,33,34)(H,30,31,32). The van der Waals surface area contributed by atoms with Crippen molar-refractivity contribution in [3.63, 3.8) is 0 Å². The van der Waals surface area contributed by atoms with Gasteiger partial charge in [-0.05, 0) is 63.5 Å². The summed E-state index contributed by atoms with van der Waals surface area (Å²) in [5, 5.41) is 13.0. The number of thiazole rings is 1. The Kier molecular flexibility index (Phi) is 8.31. The highest BCUT2D eigenvalue weighted by molar-refractivity contribution is 7.14. The van der Waals surface area contributed by atoms with E-state index in [2.05, 4.69) is 10.3 Å². The van der Waals surface area contributed by atoms with Gasteiger partial charge in [-0.25, -0.2) is 22.9 Å². The number of benzene rings is 2. The van der Waals surface area contributed by atoms with Crippen molar-refractivity contribution in [3.05, 3.63) is 75.4 Å². The van der Waals surface area contributed by atoms with Crippen LogP contribution in [0.25, 0.3) is 17.3 Å². The molecule has 10 heteroatoms. The largest absolute Gasteiger partial charge is 0.478 e. The molecule has 3 rings (SSSR count). The summed E-state index contributed by atoms with van der Waals surface area (Å²) in [6, 6.07) is 6.60. The van der Waals surface area contributed by atoms with Crippen molar-refractivity contribution in [2.45, 2.75) is 39.2 Å². The lowest BCUT2D eigenvalue weighted by Gasteiger charge is -2.22. The highest BCUT2D eigenvalue weighted by Crippen LogP contribution is 2.30. The summed E-state index contributed by atoms with van der Waals surface area (Å²) in [7, 11) is 1.60. The maximum Gasteiger partial charge on any atom is 0.331 e. The quantitative estimate of drug-likeness (QED) is 0.324. The third-order valence-corrected chi connectivity index (χ3v) is 6.43. The van der Waals surface area contributed by atoms with E-state index in [1.54, 1.807) is 30.7 Å². The second kappa shape index (κ2) is 11.0. The number of hydrogen-bond acceptors (Lipinski definition) is 5. The Balaban J connectivity index is 1.78. The lowest BCUT2D eigenvalue weighted by molar-refractivity contribution is -0.132. The molecule has 1 aromatic heterocycles. The van der Waals surface area contributed by atoms with Crippen LogP contribution in [0.15, 0.2) is 41.3 Å². The molecule has 0 fully saturated rings. The number of aliphatic carboxylic acids is 1. The van der Waals surface area contributed by atoms with E-state index in [1.165, 1.54) is 6.92 Å². The number of carbonyl (C=O) groups is 2. The number of amides is 1. The van der Waals surface area contributed by atoms with E-state index in [0.717, 1.165) is 29.5 Å². The van der Waals surface area contributed by atoms with E-state index < -0.39 is 40.5 Å². The summed E-state index contributed by atoms with van der Waals surface area (Å²) in [5.74, 6) is -4.74. The van der Waals surface area contributed by atoms with Gasteiger partial charge in [-0.2, -0.15) is 0 Å². The number of methoxy groups -OCH3 is 1. The van der Waals surface area contributed by atoms with E-state index >= 15 is 4.39 Å². The molecule has 0 bridgehead atoms. The van der Waals surface area contributed by atoms with Crippen molar-refractivity contribution < 1.29 is 32.6 Å². The molecule has 6 nitrogen and oxygen atoms in total. The number of ether oxygens (including phenoxy) is 1. The van der Waals surface area contributed by atoms with Crippen LogP contribution in [-0.4, -0.2) is 34.7 Å². The zero-order valence-electron chi connectivity index (χ0n) is 20.1. The van der Waals surface area contributed by atoms with Crippen molar-refractivity contribution in [2.75, 3.05) is 12.4 Å². The number of carboxylic acid groups (broad SMARTS) is 1.